The van der Waals surface area contributed by atoms with E-state index in [1.54, 1.807) is 20.0 Å². The molecule has 0 bridgehead atoms. The SMILES string of the molecule is Cc1nc(C(=O)N2Cc3cc4c(cc3C[C@H]2C(=O)NC(Cc2ccc(-c3ccnc(C)c3C)cc2)C(=O)O)OC[C@H](c2ccc(OC3CCC(Cl)CC3)cc2)O4)c(C)o1. The van der Waals surface area contributed by atoms with Gasteiger partial charge >= 0.3 is 5.97 Å². The van der Waals surface area contributed by atoms with Crippen LogP contribution in [0.1, 0.15) is 87.4 Å². The van der Waals surface area contributed by atoms with Crippen molar-refractivity contribution in [1.82, 2.24) is 20.2 Å². The fraction of sp³-hybridized carbons (Fsp3) is 0.370. The maximum absolute atomic E-state index is 14.2. The number of nitrogens with zero attached hydrogens (tertiary/aromatic N) is 3. The number of hydrogen-bond donors (Lipinski definition) is 2. The molecule has 0 saturated heterocycles. The van der Waals surface area contributed by atoms with Crippen LogP contribution in [0, 0.1) is 27.7 Å². The quantitative estimate of drug-likeness (QED) is 0.134. The highest BCUT2D eigenvalue weighted by molar-refractivity contribution is 6.20. The molecule has 5 aromatic rings. The largest absolute Gasteiger partial charge is 0.490 e. The molecule has 2 aliphatic heterocycles. The molecular formula is C46H47ClN4O8. The number of ether oxygens (including phenoxy) is 3. The molecule has 306 valence electrons. The van der Waals surface area contributed by atoms with Gasteiger partial charge in [0.25, 0.3) is 5.91 Å². The van der Waals surface area contributed by atoms with E-state index in [1.165, 1.54) is 4.90 Å². The van der Waals surface area contributed by atoms with E-state index in [2.05, 4.69) is 15.3 Å². The number of amides is 2. The van der Waals surface area contributed by atoms with Crippen molar-refractivity contribution in [3.8, 4) is 28.4 Å². The Morgan fingerprint density at radius 2 is 1.68 bits per heavy atom. The zero-order valence-electron chi connectivity index (χ0n) is 33.5. The number of aliphatic carboxylic acids is 1. The maximum Gasteiger partial charge on any atom is 0.326 e. The summed E-state index contributed by atoms with van der Waals surface area (Å²) in [6.45, 7) is 7.59. The summed E-state index contributed by atoms with van der Waals surface area (Å²) in [6.07, 6.45) is 5.49. The zero-order valence-corrected chi connectivity index (χ0v) is 34.3. The standard InChI is InChI=1S/C46H47ClN4O8/c1-25-26(2)48-18-17-37(25)30-7-5-29(6-8-30)19-38(46(54)55)50-44(52)39-20-32-21-40-41(22-33(32)23-51(39)45(53)43-27(3)57-28(4)49-43)59-42(24-56-40)31-9-13-35(14-10-31)58-36-15-11-34(47)12-16-36/h5-10,13-14,17-18,21-22,34,36,38-39,42H,11-12,15-16,19-20,23-24H2,1-4H3,(H,50,52)(H,54,55)/t34?,36?,38?,39-,42+/m0/s1. The molecule has 1 fully saturated rings. The van der Waals surface area contributed by atoms with Gasteiger partial charge in [-0.1, -0.05) is 36.4 Å². The Morgan fingerprint density at radius 3 is 2.37 bits per heavy atom. The Bertz CT molecular complexity index is 2370. The fourth-order valence-corrected chi connectivity index (χ4v) is 8.45. The lowest BCUT2D eigenvalue weighted by atomic mass is 9.91. The molecule has 3 aliphatic rings. The van der Waals surface area contributed by atoms with Gasteiger partial charge in [-0.3, -0.25) is 14.6 Å². The second kappa shape index (κ2) is 16.8. The second-order valence-electron chi connectivity index (χ2n) is 15.7. The van der Waals surface area contributed by atoms with Gasteiger partial charge in [0, 0.05) is 43.6 Å². The summed E-state index contributed by atoms with van der Waals surface area (Å²) >= 11 is 6.27. The molecule has 3 atom stereocenters. The Balaban J connectivity index is 1.000. The van der Waals surface area contributed by atoms with Crippen LogP contribution in [0.5, 0.6) is 17.2 Å². The van der Waals surface area contributed by atoms with Crippen LogP contribution in [0.15, 0.2) is 77.3 Å². The monoisotopic (exact) mass is 818 g/mol. The van der Waals surface area contributed by atoms with Gasteiger partial charge in [0.1, 0.15) is 30.2 Å². The van der Waals surface area contributed by atoms with E-state index in [0.29, 0.717) is 23.1 Å². The Labute approximate surface area is 347 Å². The van der Waals surface area contributed by atoms with Crippen LogP contribution in [0.25, 0.3) is 11.1 Å². The first kappa shape index (κ1) is 39.9. The summed E-state index contributed by atoms with van der Waals surface area (Å²) in [6, 6.07) is 18.8. The minimum absolute atomic E-state index is 0.0413. The average molecular weight is 819 g/mol. The average Bonchev–Trinajstić information content (AvgIpc) is 3.58. The summed E-state index contributed by atoms with van der Waals surface area (Å²) in [5.41, 5.74) is 7.34. The van der Waals surface area contributed by atoms with Gasteiger partial charge in [0.15, 0.2) is 29.2 Å². The first-order valence-corrected chi connectivity index (χ1v) is 20.5. The summed E-state index contributed by atoms with van der Waals surface area (Å²) in [5.74, 6) is 0.210. The van der Waals surface area contributed by atoms with Crippen molar-refractivity contribution in [2.45, 2.75) is 102 Å². The lowest BCUT2D eigenvalue weighted by molar-refractivity contribution is -0.142. The van der Waals surface area contributed by atoms with Crippen molar-refractivity contribution in [2.24, 2.45) is 0 Å². The van der Waals surface area contributed by atoms with E-state index in [9.17, 15) is 19.5 Å². The number of pyridine rings is 1. The second-order valence-corrected chi connectivity index (χ2v) is 16.3. The van der Waals surface area contributed by atoms with Crippen LogP contribution >= 0.6 is 11.6 Å². The molecule has 2 N–H and O–H groups in total. The summed E-state index contributed by atoms with van der Waals surface area (Å²) < 4.78 is 24.5. The fourth-order valence-electron chi connectivity index (χ4n) is 8.20. The molecule has 8 rings (SSSR count). The third kappa shape index (κ3) is 8.64. The number of aryl methyl sites for hydroxylation is 3. The van der Waals surface area contributed by atoms with E-state index in [0.717, 1.165) is 76.1 Å². The summed E-state index contributed by atoms with van der Waals surface area (Å²) in [5, 5.41) is 13.3. The number of rotatable bonds is 10. The molecule has 1 saturated carbocycles. The predicted octanol–water partition coefficient (Wildman–Crippen LogP) is 7.79. The first-order chi connectivity index (χ1) is 28.4. The number of benzene rings is 3. The van der Waals surface area contributed by atoms with Crippen LogP contribution in [-0.2, 0) is 29.0 Å². The molecule has 2 amide bonds. The number of carbonyl (C=O) groups excluding carboxylic acids is 2. The van der Waals surface area contributed by atoms with Crippen molar-refractivity contribution < 1.29 is 38.1 Å². The van der Waals surface area contributed by atoms with Gasteiger partial charge in [-0.25, -0.2) is 9.78 Å². The normalized spacial score (nSPS) is 20.3. The van der Waals surface area contributed by atoms with Crippen molar-refractivity contribution in [2.75, 3.05) is 6.61 Å². The smallest absolute Gasteiger partial charge is 0.326 e. The number of carboxylic acid groups (broad SMARTS) is 1. The third-order valence-electron chi connectivity index (χ3n) is 11.7. The minimum atomic E-state index is -1.25. The topological polar surface area (TPSA) is 153 Å². The number of carbonyl (C=O) groups is 3. The van der Waals surface area contributed by atoms with Crippen molar-refractivity contribution in [1.29, 1.82) is 0 Å². The highest BCUT2D eigenvalue weighted by atomic mass is 35.5. The molecule has 13 heteroatoms. The zero-order chi connectivity index (χ0) is 41.4. The number of fused-ring (bicyclic) bond motifs is 2. The van der Waals surface area contributed by atoms with E-state index >= 15 is 0 Å². The molecule has 2 aromatic heterocycles. The first-order valence-electron chi connectivity index (χ1n) is 20.1. The molecular weight excluding hydrogens is 772 g/mol. The number of aromatic nitrogens is 2. The van der Waals surface area contributed by atoms with E-state index < -0.39 is 29.9 Å². The van der Waals surface area contributed by atoms with Crippen LogP contribution in [-0.4, -0.2) is 67.9 Å². The Morgan fingerprint density at radius 1 is 0.949 bits per heavy atom. The van der Waals surface area contributed by atoms with Gasteiger partial charge < -0.3 is 34.0 Å². The number of carboxylic acids is 1. The molecule has 4 heterocycles. The van der Waals surface area contributed by atoms with Crippen LogP contribution in [0.2, 0.25) is 0 Å². The Kier molecular flexibility index (Phi) is 11.3. The predicted molar refractivity (Wildman–Crippen MR) is 220 cm³/mol. The highest BCUT2D eigenvalue weighted by Crippen LogP contribution is 2.41. The van der Waals surface area contributed by atoms with Gasteiger partial charge in [0.05, 0.1) is 6.10 Å². The van der Waals surface area contributed by atoms with Crippen molar-refractivity contribution in [3.05, 3.63) is 124 Å². The molecule has 59 heavy (non-hydrogen) atoms. The third-order valence-corrected chi connectivity index (χ3v) is 12.1. The highest BCUT2D eigenvalue weighted by Gasteiger charge is 2.39. The molecule has 3 aromatic carbocycles. The van der Waals surface area contributed by atoms with Crippen molar-refractivity contribution in [3.63, 3.8) is 0 Å². The number of nitrogens with one attached hydrogen (secondary N) is 1. The number of oxazole rings is 1. The molecule has 0 radical (unpaired) electrons. The number of hydrogen-bond acceptors (Lipinski definition) is 9. The lowest BCUT2D eigenvalue weighted by Crippen LogP contribution is -2.56. The van der Waals surface area contributed by atoms with Gasteiger partial charge in [-0.05, 0) is 116 Å². The molecule has 1 aliphatic carbocycles. The van der Waals surface area contributed by atoms with Crippen LogP contribution in [0.3, 0.4) is 0 Å². The molecule has 12 nitrogen and oxygen atoms in total. The minimum Gasteiger partial charge on any atom is -0.490 e. The molecule has 1 unspecified atom stereocenters. The summed E-state index contributed by atoms with van der Waals surface area (Å²) in [4.78, 5) is 51.1. The van der Waals surface area contributed by atoms with E-state index in [-0.39, 0.29) is 49.3 Å². The molecule has 0 spiro atoms. The van der Waals surface area contributed by atoms with Gasteiger partial charge in [-0.2, -0.15) is 0 Å². The van der Waals surface area contributed by atoms with Gasteiger partial charge in [0.2, 0.25) is 5.91 Å². The van der Waals surface area contributed by atoms with Crippen LogP contribution in [0.4, 0.5) is 0 Å². The Hall–Kier alpha value is -5.88. The van der Waals surface area contributed by atoms with E-state index in [4.69, 9.17) is 30.2 Å². The van der Waals surface area contributed by atoms with Crippen molar-refractivity contribution >= 4 is 29.4 Å². The summed E-state index contributed by atoms with van der Waals surface area (Å²) in [7, 11) is 0. The lowest BCUT2D eigenvalue weighted by Gasteiger charge is -2.37. The van der Waals surface area contributed by atoms with Crippen LogP contribution < -0.4 is 19.5 Å². The number of halogens is 1. The van der Waals surface area contributed by atoms with Gasteiger partial charge in [-0.15, -0.1) is 11.6 Å². The van der Waals surface area contributed by atoms with E-state index in [1.807, 2.05) is 80.6 Å². The maximum atomic E-state index is 14.2. The number of alkyl halides is 1.